The molecule has 0 radical (unpaired) electrons. The number of aliphatic hydroxyl groups is 1. The first kappa shape index (κ1) is 12.1. The third-order valence-corrected chi connectivity index (χ3v) is 3.78. The number of nitrogens with zero attached hydrogens (tertiary/aromatic N) is 5. The normalized spacial score (nSPS) is 11.1. The molecule has 0 spiro atoms. The molecule has 0 unspecified atom stereocenters. The Bertz CT molecular complexity index is 727. The van der Waals surface area contributed by atoms with Gasteiger partial charge in [0, 0.05) is 18.0 Å². The van der Waals surface area contributed by atoms with Crippen LogP contribution in [0, 0.1) is 0 Å². The first-order chi connectivity index (χ1) is 9.28. The fourth-order valence-corrected chi connectivity index (χ4v) is 2.56. The summed E-state index contributed by atoms with van der Waals surface area (Å²) in [4.78, 5) is 4.56. The van der Waals surface area contributed by atoms with Gasteiger partial charge in [0.25, 0.3) is 0 Å². The molecule has 0 aliphatic rings. The van der Waals surface area contributed by atoms with Crippen LogP contribution in [0.2, 0.25) is 0 Å². The molecule has 1 aromatic carbocycles. The van der Waals surface area contributed by atoms with Crippen molar-refractivity contribution in [1.82, 2.24) is 25.2 Å². The standard InChI is InChI=1S/C12H11N5OS/c1-17-12(14-15-16-17)19-11-9(7-18)6-8-4-2-3-5-10(8)13-11/h2-6,18H,7H2,1H3. The largest absolute Gasteiger partial charge is 0.392 e. The van der Waals surface area contributed by atoms with E-state index in [1.54, 1.807) is 11.7 Å². The van der Waals surface area contributed by atoms with E-state index in [0.29, 0.717) is 5.16 Å². The maximum absolute atomic E-state index is 9.46. The highest BCUT2D eigenvalue weighted by Crippen LogP contribution is 2.29. The van der Waals surface area contributed by atoms with Crippen LogP contribution < -0.4 is 0 Å². The average molecular weight is 273 g/mol. The summed E-state index contributed by atoms with van der Waals surface area (Å²) in [6.45, 7) is -0.0640. The van der Waals surface area contributed by atoms with Crippen molar-refractivity contribution in [3.8, 4) is 0 Å². The third kappa shape index (κ3) is 2.29. The van der Waals surface area contributed by atoms with Gasteiger partial charge in [-0.1, -0.05) is 18.2 Å². The van der Waals surface area contributed by atoms with Gasteiger partial charge in [-0.05, 0) is 34.3 Å². The molecular formula is C12H11N5OS. The minimum absolute atomic E-state index is 0.0640. The molecule has 1 N–H and O–H groups in total. The molecule has 0 saturated carbocycles. The Balaban J connectivity index is 2.09. The van der Waals surface area contributed by atoms with Gasteiger partial charge in [0.05, 0.1) is 12.1 Å². The Morgan fingerprint density at radius 1 is 1.32 bits per heavy atom. The van der Waals surface area contributed by atoms with Crippen molar-refractivity contribution in [3.05, 3.63) is 35.9 Å². The highest BCUT2D eigenvalue weighted by Gasteiger charge is 2.11. The van der Waals surface area contributed by atoms with E-state index in [1.165, 1.54) is 11.8 Å². The quantitative estimate of drug-likeness (QED) is 0.777. The van der Waals surface area contributed by atoms with Gasteiger partial charge in [-0.25, -0.2) is 9.67 Å². The van der Waals surface area contributed by atoms with Gasteiger partial charge in [0.1, 0.15) is 5.03 Å². The van der Waals surface area contributed by atoms with Crippen molar-refractivity contribution >= 4 is 22.7 Å². The Morgan fingerprint density at radius 2 is 2.16 bits per heavy atom. The summed E-state index contributed by atoms with van der Waals surface area (Å²) in [5.41, 5.74) is 1.66. The predicted molar refractivity (Wildman–Crippen MR) is 70.6 cm³/mol. The molecule has 19 heavy (non-hydrogen) atoms. The first-order valence-corrected chi connectivity index (χ1v) is 6.49. The number of pyridine rings is 1. The van der Waals surface area contributed by atoms with E-state index in [0.717, 1.165) is 21.5 Å². The van der Waals surface area contributed by atoms with Crippen molar-refractivity contribution in [2.75, 3.05) is 0 Å². The van der Waals surface area contributed by atoms with Crippen LogP contribution in [0.15, 0.2) is 40.5 Å². The average Bonchev–Trinajstić information content (AvgIpc) is 2.83. The zero-order valence-corrected chi connectivity index (χ0v) is 11.0. The molecule has 0 saturated heterocycles. The summed E-state index contributed by atoms with van der Waals surface area (Å²) in [5, 5.41) is 23.1. The zero-order valence-electron chi connectivity index (χ0n) is 10.2. The van der Waals surface area contributed by atoms with E-state index in [-0.39, 0.29) is 6.61 Å². The SMILES string of the molecule is Cn1nnnc1Sc1nc2ccccc2cc1CO. The maximum Gasteiger partial charge on any atom is 0.215 e. The second kappa shape index (κ2) is 4.94. The van der Waals surface area contributed by atoms with Crippen molar-refractivity contribution in [2.45, 2.75) is 16.8 Å². The molecular weight excluding hydrogens is 262 g/mol. The fraction of sp³-hybridized carbons (Fsp3) is 0.167. The smallest absolute Gasteiger partial charge is 0.215 e. The number of aromatic nitrogens is 5. The summed E-state index contributed by atoms with van der Waals surface area (Å²) < 4.78 is 1.57. The van der Waals surface area contributed by atoms with E-state index in [1.807, 2.05) is 30.3 Å². The van der Waals surface area contributed by atoms with Crippen molar-refractivity contribution in [2.24, 2.45) is 7.05 Å². The van der Waals surface area contributed by atoms with Crippen LogP contribution in [0.25, 0.3) is 10.9 Å². The van der Waals surface area contributed by atoms with Gasteiger partial charge >= 0.3 is 0 Å². The Labute approximate surface area is 113 Å². The van der Waals surface area contributed by atoms with Gasteiger partial charge in [-0.3, -0.25) is 0 Å². The second-order valence-corrected chi connectivity index (χ2v) is 4.95. The predicted octanol–water partition coefficient (Wildman–Crippen LogP) is 1.40. The van der Waals surface area contributed by atoms with Gasteiger partial charge in [-0.2, -0.15) is 0 Å². The van der Waals surface area contributed by atoms with Crippen molar-refractivity contribution in [1.29, 1.82) is 0 Å². The van der Waals surface area contributed by atoms with Crippen LogP contribution in [0.3, 0.4) is 0 Å². The lowest BCUT2D eigenvalue weighted by atomic mass is 10.2. The number of tetrazole rings is 1. The van der Waals surface area contributed by atoms with Crippen LogP contribution in [0.4, 0.5) is 0 Å². The summed E-state index contributed by atoms with van der Waals surface area (Å²) in [5.74, 6) is 0. The molecule has 96 valence electrons. The van der Waals surface area contributed by atoms with Crippen LogP contribution in [-0.4, -0.2) is 30.3 Å². The molecule has 0 bridgehead atoms. The molecule has 0 aliphatic heterocycles. The van der Waals surface area contributed by atoms with Crippen LogP contribution in [-0.2, 0) is 13.7 Å². The molecule has 0 aliphatic carbocycles. The number of hydrogen-bond acceptors (Lipinski definition) is 6. The van der Waals surface area contributed by atoms with Crippen LogP contribution in [0.1, 0.15) is 5.56 Å². The van der Waals surface area contributed by atoms with Crippen LogP contribution in [0.5, 0.6) is 0 Å². The van der Waals surface area contributed by atoms with E-state index >= 15 is 0 Å². The molecule has 2 aromatic heterocycles. The number of aryl methyl sites for hydroxylation is 1. The molecule has 0 amide bonds. The van der Waals surface area contributed by atoms with Crippen LogP contribution >= 0.6 is 11.8 Å². The molecule has 0 fully saturated rings. The van der Waals surface area contributed by atoms with Gasteiger partial charge in [-0.15, -0.1) is 5.10 Å². The summed E-state index contributed by atoms with van der Waals surface area (Å²) in [6, 6.07) is 9.74. The highest BCUT2D eigenvalue weighted by atomic mass is 32.2. The molecule has 6 nitrogen and oxygen atoms in total. The number of rotatable bonds is 3. The lowest BCUT2D eigenvalue weighted by Crippen LogP contribution is -1.97. The number of benzene rings is 1. The Morgan fingerprint density at radius 3 is 2.89 bits per heavy atom. The van der Waals surface area contributed by atoms with Gasteiger partial charge in [0.2, 0.25) is 5.16 Å². The topological polar surface area (TPSA) is 76.7 Å². The lowest BCUT2D eigenvalue weighted by Gasteiger charge is -2.07. The van der Waals surface area contributed by atoms with Crippen molar-refractivity contribution in [3.63, 3.8) is 0 Å². The fourth-order valence-electron chi connectivity index (χ4n) is 1.74. The lowest BCUT2D eigenvalue weighted by molar-refractivity contribution is 0.278. The van der Waals surface area contributed by atoms with Gasteiger partial charge < -0.3 is 5.11 Å². The second-order valence-electron chi connectivity index (χ2n) is 3.99. The highest BCUT2D eigenvalue weighted by molar-refractivity contribution is 7.99. The Hall–Kier alpha value is -1.99. The molecule has 0 atom stereocenters. The van der Waals surface area contributed by atoms with E-state index in [2.05, 4.69) is 20.5 Å². The number of aliphatic hydroxyl groups excluding tert-OH is 1. The van der Waals surface area contributed by atoms with E-state index in [9.17, 15) is 5.11 Å². The van der Waals surface area contributed by atoms with Crippen molar-refractivity contribution < 1.29 is 5.11 Å². The monoisotopic (exact) mass is 273 g/mol. The summed E-state index contributed by atoms with van der Waals surface area (Å²) in [6.07, 6.45) is 0. The summed E-state index contributed by atoms with van der Waals surface area (Å²) >= 11 is 1.34. The maximum atomic E-state index is 9.46. The van der Waals surface area contributed by atoms with Gasteiger partial charge in [0.15, 0.2) is 0 Å². The summed E-state index contributed by atoms with van der Waals surface area (Å²) in [7, 11) is 1.77. The zero-order chi connectivity index (χ0) is 13.2. The molecule has 7 heteroatoms. The van der Waals surface area contributed by atoms with E-state index in [4.69, 9.17) is 0 Å². The van der Waals surface area contributed by atoms with E-state index < -0.39 is 0 Å². The molecule has 3 rings (SSSR count). The number of para-hydroxylation sites is 1. The first-order valence-electron chi connectivity index (χ1n) is 5.67. The number of hydrogen-bond donors (Lipinski definition) is 1. The third-order valence-electron chi connectivity index (χ3n) is 2.70. The Kier molecular flexibility index (Phi) is 3.14. The molecule has 2 heterocycles. The molecule has 3 aromatic rings. The minimum Gasteiger partial charge on any atom is -0.392 e. The minimum atomic E-state index is -0.0640. The number of fused-ring (bicyclic) bond motifs is 1.